The summed E-state index contributed by atoms with van der Waals surface area (Å²) in [5.41, 5.74) is 2.68. The van der Waals surface area contributed by atoms with E-state index in [1.165, 1.54) is 0 Å². The van der Waals surface area contributed by atoms with E-state index >= 15 is 0 Å². The molecule has 0 saturated heterocycles. The Kier molecular flexibility index (Phi) is 4.10. The van der Waals surface area contributed by atoms with Crippen molar-refractivity contribution in [1.29, 1.82) is 0 Å². The Balaban J connectivity index is 3.15. The third kappa shape index (κ3) is 3.16. The van der Waals surface area contributed by atoms with Gasteiger partial charge in [0.2, 0.25) is 0 Å². The van der Waals surface area contributed by atoms with Gasteiger partial charge in [0.25, 0.3) is 0 Å². The Morgan fingerprint density at radius 2 is 1.82 bits per heavy atom. The van der Waals surface area contributed by atoms with Gasteiger partial charge in [-0.3, -0.25) is 4.79 Å². The van der Waals surface area contributed by atoms with Crippen LogP contribution >= 0.6 is 0 Å². The number of carbonyl (C=O) groups excluding carboxylic acids is 1. The lowest BCUT2D eigenvalue weighted by Crippen LogP contribution is -2.36. The number of rotatable bonds is 3. The Morgan fingerprint density at radius 1 is 1.24 bits per heavy atom. The molecule has 17 heavy (non-hydrogen) atoms. The van der Waals surface area contributed by atoms with Crippen molar-refractivity contribution in [2.75, 3.05) is 7.11 Å². The van der Waals surface area contributed by atoms with Gasteiger partial charge >= 0.3 is 0 Å². The summed E-state index contributed by atoms with van der Waals surface area (Å²) in [4.78, 5) is 12.5. The predicted molar refractivity (Wildman–Crippen MR) is 70.5 cm³/mol. The van der Waals surface area contributed by atoms with E-state index in [0.29, 0.717) is 0 Å². The van der Waals surface area contributed by atoms with Gasteiger partial charge < -0.3 is 4.74 Å². The van der Waals surface area contributed by atoms with Crippen LogP contribution in [-0.2, 0) is 4.74 Å². The summed E-state index contributed by atoms with van der Waals surface area (Å²) in [5, 5.41) is 0. The van der Waals surface area contributed by atoms with Crippen molar-refractivity contribution in [3.05, 3.63) is 34.9 Å². The second kappa shape index (κ2) is 5.01. The van der Waals surface area contributed by atoms with Crippen LogP contribution in [0.4, 0.5) is 0 Å². The highest BCUT2D eigenvalue weighted by Gasteiger charge is 2.32. The highest BCUT2D eigenvalue weighted by Crippen LogP contribution is 2.26. The molecule has 0 amide bonds. The molecule has 0 radical (unpaired) electrons. The largest absolute Gasteiger partial charge is 0.373 e. The van der Waals surface area contributed by atoms with Crippen molar-refractivity contribution in [2.45, 2.75) is 40.7 Å². The van der Waals surface area contributed by atoms with Gasteiger partial charge in [-0.2, -0.15) is 0 Å². The number of aryl methyl sites for hydroxylation is 2. The molecule has 0 aliphatic heterocycles. The summed E-state index contributed by atoms with van der Waals surface area (Å²) in [6.45, 7) is 10.0. The summed E-state index contributed by atoms with van der Waals surface area (Å²) in [6.07, 6.45) is -0.400. The minimum absolute atomic E-state index is 0.0706. The smallest absolute Gasteiger partial charge is 0.192 e. The average molecular weight is 234 g/mol. The maximum absolute atomic E-state index is 12.5. The summed E-state index contributed by atoms with van der Waals surface area (Å²) in [6, 6.07) is 5.94. The Bertz CT molecular complexity index is 413. The SMILES string of the molecule is COC(C(=O)c1cc(C)ccc1C)C(C)(C)C. The minimum atomic E-state index is -0.400. The van der Waals surface area contributed by atoms with Gasteiger partial charge in [0.1, 0.15) is 6.10 Å². The van der Waals surface area contributed by atoms with Crippen LogP contribution in [0, 0.1) is 19.3 Å². The van der Waals surface area contributed by atoms with Gasteiger partial charge in [-0.05, 0) is 30.9 Å². The third-order valence-corrected chi connectivity index (χ3v) is 2.92. The molecule has 2 nitrogen and oxygen atoms in total. The average Bonchev–Trinajstić information content (AvgIpc) is 2.20. The molecular formula is C15H22O2. The standard InChI is InChI=1S/C15H22O2/c1-10-7-8-11(2)12(9-10)13(16)14(17-6)15(3,4)5/h7-9,14H,1-6H3. The molecule has 0 aliphatic rings. The van der Waals surface area contributed by atoms with E-state index in [-0.39, 0.29) is 11.2 Å². The first-order valence-electron chi connectivity index (χ1n) is 5.91. The topological polar surface area (TPSA) is 26.3 Å². The van der Waals surface area contributed by atoms with Crippen LogP contribution in [0.25, 0.3) is 0 Å². The van der Waals surface area contributed by atoms with Crippen molar-refractivity contribution in [3.63, 3.8) is 0 Å². The van der Waals surface area contributed by atoms with Crippen LogP contribution in [-0.4, -0.2) is 19.0 Å². The molecule has 0 N–H and O–H groups in total. The molecule has 0 spiro atoms. The molecule has 1 aromatic rings. The second-order valence-electron chi connectivity index (χ2n) is 5.66. The molecule has 2 heteroatoms. The zero-order chi connectivity index (χ0) is 13.2. The quantitative estimate of drug-likeness (QED) is 0.748. The number of hydrogen-bond donors (Lipinski definition) is 0. The first kappa shape index (κ1) is 13.9. The van der Waals surface area contributed by atoms with Crippen molar-refractivity contribution < 1.29 is 9.53 Å². The van der Waals surface area contributed by atoms with Gasteiger partial charge in [-0.25, -0.2) is 0 Å². The van der Waals surface area contributed by atoms with E-state index in [0.717, 1.165) is 16.7 Å². The number of hydrogen-bond acceptors (Lipinski definition) is 2. The van der Waals surface area contributed by atoms with Crippen molar-refractivity contribution in [1.82, 2.24) is 0 Å². The van der Waals surface area contributed by atoms with Crippen molar-refractivity contribution >= 4 is 5.78 Å². The predicted octanol–water partition coefficient (Wildman–Crippen LogP) is 3.55. The van der Waals surface area contributed by atoms with Gasteiger partial charge in [-0.15, -0.1) is 0 Å². The summed E-state index contributed by atoms with van der Waals surface area (Å²) in [5.74, 6) is 0.0706. The Morgan fingerprint density at radius 3 is 2.29 bits per heavy atom. The first-order valence-corrected chi connectivity index (χ1v) is 5.91. The molecule has 94 valence electrons. The number of carbonyl (C=O) groups is 1. The van der Waals surface area contributed by atoms with E-state index in [9.17, 15) is 4.79 Å². The molecule has 0 saturated carbocycles. The highest BCUT2D eigenvalue weighted by molar-refractivity contribution is 6.01. The van der Waals surface area contributed by atoms with Crippen LogP contribution in [0.3, 0.4) is 0 Å². The van der Waals surface area contributed by atoms with Crippen LogP contribution < -0.4 is 0 Å². The minimum Gasteiger partial charge on any atom is -0.373 e. The lowest BCUT2D eigenvalue weighted by atomic mass is 9.83. The highest BCUT2D eigenvalue weighted by atomic mass is 16.5. The van der Waals surface area contributed by atoms with E-state index in [1.807, 2.05) is 52.8 Å². The van der Waals surface area contributed by atoms with E-state index < -0.39 is 6.10 Å². The number of benzene rings is 1. The number of ketones is 1. The maximum atomic E-state index is 12.5. The molecule has 1 atom stereocenters. The van der Waals surface area contributed by atoms with Gasteiger partial charge in [0, 0.05) is 12.7 Å². The van der Waals surface area contributed by atoms with E-state index in [2.05, 4.69) is 0 Å². The lowest BCUT2D eigenvalue weighted by Gasteiger charge is -2.28. The van der Waals surface area contributed by atoms with Gasteiger partial charge in [0.05, 0.1) is 0 Å². The fourth-order valence-electron chi connectivity index (χ4n) is 2.00. The number of Topliss-reactive ketones (excluding diaryl/α,β-unsaturated/α-hetero) is 1. The maximum Gasteiger partial charge on any atom is 0.192 e. The Labute approximate surface area is 104 Å². The van der Waals surface area contributed by atoms with Crippen LogP contribution in [0.15, 0.2) is 18.2 Å². The molecule has 0 fully saturated rings. The summed E-state index contributed by atoms with van der Waals surface area (Å²) < 4.78 is 5.38. The van der Waals surface area contributed by atoms with Crippen molar-refractivity contribution in [2.24, 2.45) is 5.41 Å². The van der Waals surface area contributed by atoms with Crippen molar-refractivity contribution in [3.8, 4) is 0 Å². The van der Waals surface area contributed by atoms with E-state index in [4.69, 9.17) is 4.74 Å². The monoisotopic (exact) mass is 234 g/mol. The molecule has 1 unspecified atom stereocenters. The molecule has 0 aromatic heterocycles. The summed E-state index contributed by atoms with van der Waals surface area (Å²) >= 11 is 0. The van der Waals surface area contributed by atoms with Crippen LogP contribution in [0.2, 0.25) is 0 Å². The molecule has 1 rings (SSSR count). The molecule has 1 aromatic carbocycles. The molecule has 0 bridgehead atoms. The number of ether oxygens (including phenoxy) is 1. The zero-order valence-electron chi connectivity index (χ0n) is 11.6. The van der Waals surface area contributed by atoms with E-state index in [1.54, 1.807) is 7.11 Å². The fourth-order valence-corrected chi connectivity index (χ4v) is 2.00. The first-order chi connectivity index (χ1) is 7.77. The second-order valence-corrected chi connectivity index (χ2v) is 5.66. The van der Waals surface area contributed by atoms with Crippen LogP contribution in [0.1, 0.15) is 42.3 Å². The zero-order valence-corrected chi connectivity index (χ0v) is 11.6. The van der Waals surface area contributed by atoms with Gasteiger partial charge in [0.15, 0.2) is 5.78 Å². The molecular weight excluding hydrogens is 212 g/mol. The van der Waals surface area contributed by atoms with Crippen LogP contribution in [0.5, 0.6) is 0 Å². The van der Waals surface area contributed by atoms with Gasteiger partial charge in [-0.1, -0.05) is 38.5 Å². The Hall–Kier alpha value is -1.15. The summed E-state index contributed by atoms with van der Waals surface area (Å²) in [7, 11) is 1.60. The number of methoxy groups -OCH3 is 1. The lowest BCUT2D eigenvalue weighted by molar-refractivity contribution is 0.0195. The molecule has 0 heterocycles. The molecule has 0 aliphatic carbocycles. The normalized spacial score (nSPS) is 13.5. The fraction of sp³-hybridized carbons (Fsp3) is 0.533. The third-order valence-electron chi connectivity index (χ3n) is 2.92.